The molecule has 0 fully saturated rings. The lowest BCUT2D eigenvalue weighted by Crippen LogP contribution is -2.24. The van der Waals surface area contributed by atoms with Gasteiger partial charge >= 0.3 is 0 Å². The molecule has 0 aliphatic heterocycles. The minimum Gasteiger partial charge on any atom is -0.357 e. The summed E-state index contributed by atoms with van der Waals surface area (Å²) in [6.45, 7) is 6.44. The molecule has 1 rings (SSSR count). The molecule has 0 radical (unpaired) electrons. The molecular weight excluding hydrogens is 208 g/mol. The third kappa shape index (κ3) is 3.71. The quantitative estimate of drug-likeness (QED) is 0.691. The van der Waals surface area contributed by atoms with E-state index < -0.39 is 0 Å². The number of pyridine rings is 1. The fourth-order valence-electron chi connectivity index (χ4n) is 1.50. The molecule has 1 heterocycles. The molecule has 0 bridgehead atoms. The van der Waals surface area contributed by atoms with Crippen molar-refractivity contribution < 1.29 is 0 Å². The summed E-state index contributed by atoms with van der Waals surface area (Å²) < 4.78 is 0. The molecule has 0 amide bonds. The lowest BCUT2D eigenvalue weighted by atomic mass is 10.3. The second-order valence-electron chi connectivity index (χ2n) is 3.55. The minimum atomic E-state index is 0.485. The third-order valence-electron chi connectivity index (χ3n) is 2.42. The van der Waals surface area contributed by atoms with Gasteiger partial charge in [-0.2, -0.15) is 0 Å². The first-order valence-electron chi connectivity index (χ1n) is 5.58. The molecule has 1 aromatic heterocycles. The standard InChI is InChI=1S/C12H19ClN2/c1-3-5-9-15(4-2)12-8-6-7-11(10-13)14-12/h6-8H,3-5,9-10H2,1-2H3. The molecule has 0 N–H and O–H groups in total. The van der Waals surface area contributed by atoms with Crippen molar-refractivity contribution in [3.05, 3.63) is 23.9 Å². The van der Waals surface area contributed by atoms with Crippen LogP contribution >= 0.6 is 11.6 Å². The summed E-state index contributed by atoms with van der Waals surface area (Å²) in [5, 5.41) is 0. The van der Waals surface area contributed by atoms with Crippen LogP contribution in [-0.4, -0.2) is 18.1 Å². The Kier molecular flexibility index (Phi) is 5.48. The number of anilines is 1. The minimum absolute atomic E-state index is 0.485. The highest BCUT2D eigenvalue weighted by molar-refractivity contribution is 6.16. The van der Waals surface area contributed by atoms with Gasteiger partial charge in [-0.15, -0.1) is 11.6 Å². The zero-order valence-electron chi connectivity index (χ0n) is 9.54. The van der Waals surface area contributed by atoms with Crippen LogP contribution in [0.3, 0.4) is 0 Å². The lowest BCUT2D eigenvalue weighted by Gasteiger charge is -2.21. The second-order valence-corrected chi connectivity index (χ2v) is 3.82. The van der Waals surface area contributed by atoms with Crippen LogP contribution in [-0.2, 0) is 5.88 Å². The van der Waals surface area contributed by atoms with E-state index in [1.165, 1.54) is 12.8 Å². The zero-order chi connectivity index (χ0) is 11.1. The van der Waals surface area contributed by atoms with Gasteiger partial charge in [0.25, 0.3) is 0 Å². The van der Waals surface area contributed by atoms with E-state index in [0.717, 1.165) is 24.6 Å². The normalized spacial score (nSPS) is 10.3. The summed E-state index contributed by atoms with van der Waals surface area (Å²) in [6, 6.07) is 6.04. The molecular formula is C12H19ClN2. The highest BCUT2D eigenvalue weighted by atomic mass is 35.5. The van der Waals surface area contributed by atoms with Gasteiger partial charge in [0.2, 0.25) is 0 Å². The number of unbranched alkanes of at least 4 members (excludes halogenated alkanes) is 1. The molecule has 0 aromatic carbocycles. The maximum atomic E-state index is 5.77. The molecule has 0 saturated carbocycles. The van der Waals surface area contributed by atoms with Gasteiger partial charge < -0.3 is 4.90 Å². The highest BCUT2D eigenvalue weighted by Crippen LogP contribution is 2.13. The maximum Gasteiger partial charge on any atom is 0.128 e. The number of hydrogen-bond donors (Lipinski definition) is 0. The summed E-state index contributed by atoms with van der Waals surface area (Å²) in [5.41, 5.74) is 0.948. The Balaban J connectivity index is 2.72. The molecule has 0 aliphatic rings. The molecule has 0 aliphatic carbocycles. The molecule has 84 valence electrons. The van der Waals surface area contributed by atoms with Crippen LogP contribution in [0, 0.1) is 0 Å². The average Bonchev–Trinajstić information content (AvgIpc) is 2.30. The Hall–Kier alpha value is -0.760. The van der Waals surface area contributed by atoms with E-state index in [1.54, 1.807) is 0 Å². The van der Waals surface area contributed by atoms with E-state index >= 15 is 0 Å². The molecule has 0 atom stereocenters. The topological polar surface area (TPSA) is 16.1 Å². The van der Waals surface area contributed by atoms with Gasteiger partial charge in [-0.05, 0) is 25.5 Å². The van der Waals surface area contributed by atoms with E-state index in [-0.39, 0.29) is 0 Å². The first kappa shape index (κ1) is 12.3. The first-order chi connectivity index (χ1) is 7.31. The molecule has 1 aromatic rings. The van der Waals surface area contributed by atoms with Gasteiger partial charge in [-0.3, -0.25) is 0 Å². The van der Waals surface area contributed by atoms with Crippen molar-refractivity contribution in [2.45, 2.75) is 32.6 Å². The van der Waals surface area contributed by atoms with Gasteiger partial charge in [-0.25, -0.2) is 4.98 Å². The number of aromatic nitrogens is 1. The van der Waals surface area contributed by atoms with Crippen molar-refractivity contribution >= 4 is 17.4 Å². The van der Waals surface area contributed by atoms with E-state index in [9.17, 15) is 0 Å². The van der Waals surface area contributed by atoms with Crippen LogP contribution in [0.15, 0.2) is 18.2 Å². The Morgan fingerprint density at radius 2 is 2.13 bits per heavy atom. The van der Waals surface area contributed by atoms with Gasteiger partial charge in [0.05, 0.1) is 11.6 Å². The summed E-state index contributed by atoms with van der Waals surface area (Å²) in [6.07, 6.45) is 2.42. The van der Waals surface area contributed by atoms with Crippen molar-refractivity contribution in [2.24, 2.45) is 0 Å². The first-order valence-corrected chi connectivity index (χ1v) is 6.12. The van der Waals surface area contributed by atoms with Crippen LogP contribution in [0.5, 0.6) is 0 Å². The fraction of sp³-hybridized carbons (Fsp3) is 0.583. The highest BCUT2D eigenvalue weighted by Gasteiger charge is 2.05. The van der Waals surface area contributed by atoms with Crippen LogP contribution in [0.25, 0.3) is 0 Å². The van der Waals surface area contributed by atoms with E-state index in [0.29, 0.717) is 5.88 Å². The monoisotopic (exact) mass is 226 g/mol. The van der Waals surface area contributed by atoms with Gasteiger partial charge in [0.1, 0.15) is 5.82 Å². The number of nitrogens with zero attached hydrogens (tertiary/aromatic N) is 2. The van der Waals surface area contributed by atoms with Gasteiger partial charge in [-0.1, -0.05) is 19.4 Å². The second kappa shape index (κ2) is 6.67. The van der Waals surface area contributed by atoms with Gasteiger partial charge in [0, 0.05) is 13.1 Å². The van der Waals surface area contributed by atoms with Crippen LogP contribution in [0.1, 0.15) is 32.4 Å². The number of alkyl halides is 1. The summed E-state index contributed by atoms with van der Waals surface area (Å²) >= 11 is 5.77. The molecule has 3 heteroatoms. The van der Waals surface area contributed by atoms with E-state index in [1.807, 2.05) is 12.1 Å². The maximum absolute atomic E-state index is 5.77. The molecule has 0 spiro atoms. The predicted octanol–water partition coefficient (Wildman–Crippen LogP) is 3.45. The summed E-state index contributed by atoms with van der Waals surface area (Å²) in [5.74, 6) is 1.53. The molecule has 15 heavy (non-hydrogen) atoms. The van der Waals surface area contributed by atoms with Crippen molar-refractivity contribution in [1.29, 1.82) is 0 Å². The number of rotatable bonds is 6. The van der Waals surface area contributed by atoms with Crippen molar-refractivity contribution in [3.8, 4) is 0 Å². The smallest absolute Gasteiger partial charge is 0.128 e. The van der Waals surface area contributed by atoms with Crippen LogP contribution in [0.2, 0.25) is 0 Å². The number of halogens is 1. The van der Waals surface area contributed by atoms with Crippen molar-refractivity contribution in [2.75, 3.05) is 18.0 Å². The molecule has 2 nitrogen and oxygen atoms in total. The largest absolute Gasteiger partial charge is 0.357 e. The average molecular weight is 227 g/mol. The Bertz CT molecular complexity index is 289. The lowest BCUT2D eigenvalue weighted by molar-refractivity contribution is 0.723. The van der Waals surface area contributed by atoms with E-state index in [2.05, 4.69) is 29.8 Å². The molecule has 0 saturated heterocycles. The summed E-state index contributed by atoms with van der Waals surface area (Å²) in [4.78, 5) is 6.80. The SMILES string of the molecule is CCCCN(CC)c1cccc(CCl)n1. The van der Waals surface area contributed by atoms with Gasteiger partial charge in [0.15, 0.2) is 0 Å². The summed E-state index contributed by atoms with van der Waals surface area (Å²) in [7, 11) is 0. The predicted molar refractivity (Wildman–Crippen MR) is 66.6 cm³/mol. The fourth-order valence-corrected chi connectivity index (χ4v) is 1.65. The Morgan fingerprint density at radius 3 is 2.73 bits per heavy atom. The Morgan fingerprint density at radius 1 is 1.33 bits per heavy atom. The van der Waals surface area contributed by atoms with Crippen LogP contribution in [0.4, 0.5) is 5.82 Å². The number of hydrogen-bond acceptors (Lipinski definition) is 2. The third-order valence-corrected chi connectivity index (χ3v) is 2.69. The zero-order valence-corrected chi connectivity index (χ0v) is 10.3. The van der Waals surface area contributed by atoms with Crippen molar-refractivity contribution in [1.82, 2.24) is 4.98 Å². The van der Waals surface area contributed by atoms with E-state index in [4.69, 9.17) is 11.6 Å². The van der Waals surface area contributed by atoms with Crippen molar-refractivity contribution in [3.63, 3.8) is 0 Å². The molecule has 0 unspecified atom stereocenters. The Labute approximate surface area is 97.3 Å². The van der Waals surface area contributed by atoms with Crippen LogP contribution < -0.4 is 4.90 Å².